The van der Waals surface area contributed by atoms with Crippen molar-refractivity contribution < 1.29 is 14.6 Å². The highest BCUT2D eigenvalue weighted by Gasteiger charge is 2.17. The number of nitrogens with two attached hydrogens (primary N) is 1. The molecule has 3 N–H and O–H groups in total. The van der Waals surface area contributed by atoms with Crippen LogP contribution in [-0.2, 0) is 24.2 Å². The predicted molar refractivity (Wildman–Crippen MR) is 105 cm³/mol. The minimum Gasteiger partial charge on any atom is -0.481 e. The van der Waals surface area contributed by atoms with E-state index < -0.39 is 5.97 Å². The van der Waals surface area contributed by atoms with Crippen molar-refractivity contribution in [2.45, 2.75) is 32.2 Å². The molecule has 3 aromatic rings. The van der Waals surface area contributed by atoms with Crippen LogP contribution in [0.4, 0.5) is 5.82 Å². The van der Waals surface area contributed by atoms with Gasteiger partial charge in [-0.15, -0.1) is 4.68 Å². The third-order valence-electron chi connectivity index (χ3n) is 4.50. The smallest absolute Gasteiger partial charge is 0.303 e. The van der Waals surface area contributed by atoms with E-state index in [0.29, 0.717) is 18.8 Å². The predicted octanol–water partition coefficient (Wildman–Crippen LogP) is 3.27. The molecule has 0 radical (unpaired) electrons. The molecule has 0 spiro atoms. The van der Waals surface area contributed by atoms with E-state index in [1.54, 1.807) is 4.68 Å². The number of aryl methyl sites for hydroxylation is 3. The van der Waals surface area contributed by atoms with Crippen LogP contribution in [0.2, 0.25) is 0 Å². The Hall–Kier alpha value is -3.21. The zero-order chi connectivity index (χ0) is 19.1. The van der Waals surface area contributed by atoms with Crippen molar-refractivity contribution in [2.75, 3.05) is 5.73 Å². The van der Waals surface area contributed by atoms with E-state index in [1.165, 1.54) is 5.56 Å². The van der Waals surface area contributed by atoms with Crippen LogP contribution in [-0.4, -0.2) is 16.2 Å². The number of aliphatic carboxylic acids is 1. The standard InChI is InChI=1S/C22H23N3O2/c23-22-19(14-13-17-8-3-1-4-9-17)16-20(18-10-5-2-6-11-18)24-25(22)15-7-12-21(26)27/h1-6,8-11,16,23H,7,12-15H2,(H,26,27)/p+1. The first-order valence-electron chi connectivity index (χ1n) is 9.14. The van der Waals surface area contributed by atoms with Crippen molar-refractivity contribution in [1.82, 2.24) is 5.10 Å². The summed E-state index contributed by atoms with van der Waals surface area (Å²) in [5.41, 5.74) is 10.5. The molecule has 2 aromatic carbocycles. The minimum absolute atomic E-state index is 0.100. The summed E-state index contributed by atoms with van der Waals surface area (Å²) in [5, 5.41) is 13.6. The number of carboxylic acid groups (broad SMARTS) is 1. The molecule has 0 amide bonds. The van der Waals surface area contributed by atoms with E-state index in [-0.39, 0.29) is 6.42 Å². The second kappa shape index (κ2) is 8.94. The summed E-state index contributed by atoms with van der Waals surface area (Å²) in [6.45, 7) is 0.483. The fraction of sp³-hybridized carbons (Fsp3) is 0.227. The zero-order valence-electron chi connectivity index (χ0n) is 15.2. The molecule has 0 saturated heterocycles. The van der Waals surface area contributed by atoms with Crippen molar-refractivity contribution in [3.05, 3.63) is 77.9 Å². The quantitative estimate of drug-likeness (QED) is 0.603. The Labute approximate surface area is 159 Å². The molecule has 1 aromatic heterocycles. The first kappa shape index (κ1) is 18.6. The number of carbonyl (C=O) groups is 1. The maximum absolute atomic E-state index is 10.8. The highest BCUT2D eigenvalue weighted by Crippen LogP contribution is 2.20. The summed E-state index contributed by atoms with van der Waals surface area (Å²) < 4.78 is 1.74. The molecule has 0 fully saturated rings. The summed E-state index contributed by atoms with van der Waals surface area (Å²) >= 11 is 0. The maximum Gasteiger partial charge on any atom is 0.303 e. The van der Waals surface area contributed by atoms with Gasteiger partial charge in [-0.05, 0) is 30.9 Å². The molecule has 0 unspecified atom stereocenters. The highest BCUT2D eigenvalue weighted by atomic mass is 16.4. The Morgan fingerprint density at radius 2 is 1.67 bits per heavy atom. The van der Waals surface area contributed by atoms with Crippen LogP contribution in [0, 0.1) is 0 Å². The van der Waals surface area contributed by atoms with E-state index in [2.05, 4.69) is 17.2 Å². The average Bonchev–Trinajstić information content (AvgIpc) is 2.69. The molecule has 5 nitrogen and oxygen atoms in total. The lowest BCUT2D eigenvalue weighted by molar-refractivity contribution is -0.740. The fourth-order valence-electron chi connectivity index (χ4n) is 3.04. The van der Waals surface area contributed by atoms with Gasteiger partial charge in [0.1, 0.15) is 12.2 Å². The van der Waals surface area contributed by atoms with Crippen LogP contribution < -0.4 is 10.4 Å². The Balaban J connectivity index is 1.88. The van der Waals surface area contributed by atoms with Crippen LogP contribution in [0.1, 0.15) is 24.0 Å². The molecule has 0 bridgehead atoms. The molecule has 0 saturated carbocycles. The molecule has 0 aliphatic heterocycles. The molecule has 138 valence electrons. The van der Waals surface area contributed by atoms with Crippen molar-refractivity contribution in [3.8, 4) is 11.3 Å². The lowest BCUT2D eigenvalue weighted by Crippen LogP contribution is -2.42. The molecule has 5 heteroatoms. The van der Waals surface area contributed by atoms with Gasteiger partial charge in [-0.2, -0.15) is 0 Å². The van der Waals surface area contributed by atoms with Gasteiger partial charge in [0.25, 0.3) is 5.82 Å². The summed E-state index contributed by atoms with van der Waals surface area (Å²) in [4.78, 5) is 10.8. The lowest BCUT2D eigenvalue weighted by Gasteiger charge is -2.10. The van der Waals surface area contributed by atoms with Crippen molar-refractivity contribution >= 4 is 11.8 Å². The van der Waals surface area contributed by atoms with Gasteiger partial charge in [0.2, 0.25) is 0 Å². The second-order valence-electron chi connectivity index (χ2n) is 6.51. The van der Waals surface area contributed by atoms with Gasteiger partial charge >= 0.3 is 5.97 Å². The van der Waals surface area contributed by atoms with Gasteiger partial charge in [0, 0.05) is 17.5 Å². The number of benzene rings is 2. The number of anilines is 1. The highest BCUT2D eigenvalue weighted by molar-refractivity contribution is 5.66. The molecule has 3 rings (SSSR count). The summed E-state index contributed by atoms with van der Waals surface area (Å²) in [6.07, 6.45) is 2.28. The summed E-state index contributed by atoms with van der Waals surface area (Å²) in [6, 6.07) is 22.3. The van der Waals surface area contributed by atoms with Crippen LogP contribution in [0.5, 0.6) is 0 Å². The lowest BCUT2D eigenvalue weighted by atomic mass is 10.0. The number of nitrogen functional groups attached to an aromatic ring is 1. The van der Waals surface area contributed by atoms with Crippen LogP contribution in [0.15, 0.2) is 66.7 Å². The third-order valence-corrected chi connectivity index (χ3v) is 4.50. The Bertz CT molecular complexity index is 896. The largest absolute Gasteiger partial charge is 0.481 e. The van der Waals surface area contributed by atoms with Gasteiger partial charge in [-0.25, -0.2) is 0 Å². The molecule has 1 heterocycles. The summed E-state index contributed by atoms with van der Waals surface area (Å²) in [5.74, 6) is -0.200. The van der Waals surface area contributed by atoms with Crippen LogP contribution in [0.3, 0.4) is 0 Å². The van der Waals surface area contributed by atoms with E-state index in [9.17, 15) is 4.79 Å². The molecule has 0 atom stereocenters. The maximum atomic E-state index is 10.8. The molecular weight excluding hydrogens is 338 g/mol. The van der Waals surface area contributed by atoms with E-state index in [4.69, 9.17) is 10.8 Å². The number of nitrogens with zero attached hydrogens (tertiary/aromatic N) is 2. The van der Waals surface area contributed by atoms with Gasteiger partial charge in [0.15, 0.2) is 0 Å². The van der Waals surface area contributed by atoms with E-state index >= 15 is 0 Å². The average molecular weight is 362 g/mol. The topological polar surface area (TPSA) is 80.1 Å². The Kier molecular flexibility index (Phi) is 6.15. The molecular formula is C22H24N3O2+. The number of hydrogen-bond donors (Lipinski definition) is 2. The number of carboxylic acids is 1. The Morgan fingerprint density at radius 3 is 2.33 bits per heavy atom. The number of hydrogen-bond acceptors (Lipinski definition) is 3. The van der Waals surface area contributed by atoms with E-state index in [0.717, 1.165) is 29.7 Å². The zero-order valence-corrected chi connectivity index (χ0v) is 15.2. The van der Waals surface area contributed by atoms with Gasteiger partial charge in [-0.3, -0.25) is 10.5 Å². The molecule has 0 aliphatic carbocycles. The van der Waals surface area contributed by atoms with Gasteiger partial charge in [0.05, 0.1) is 0 Å². The van der Waals surface area contributed by atoms with Crippen LogP contribution >= 0.6 is 0 Å². The fourth-order valence-corrected chi connectivity index (χ4v) is 3.04. The van der Waals surface area contributed by atoms with Crippen molar-refractivity contribution in [3.63, 3.8) is 0 Å². The van der Waals surface area contributed by atoms with Gasteiger partial charge < -0.3 is 5.11 Å². The van der Waals surface area contributed by atoms with Crippen molar-refractivity contribution in [1.29, 1.82) is 0 Å². The number of rotatable bonds is 8. The van der Waals surface area contributed by atoms with Gasteiger partial charge in [-0.1, -0.05) is 65.8 Å². The summed E-state index contributed by atoms with van der Waals surface area (Å²) in [7, 11) is 0. The van der Waals surface area contributed by atoms with Crippen molar-refractivity contribution in [2.24, 2.45) is 0 Å². The second-order valence-corrected chi connectivity index (χ2v) is 6.51. The first-order valence-corrected chi connectivity index (χ1v) is 9.14. The third kappa shape index (κ3) is 5.14. The first-order chi connectivity index (χ1) is 13.1. The van der Waals surface area contributed by atoms with E-state index in [1.807, 2.05) is 54.6 Å². The van der Waals surface area contributed by atoms with Crippen LogP contribution in [0.25, 0.3) is 11.3 Å². The Morgan fingerprint density at radius 1 is 1.00 bits per heavy atom. The number of aromatic nitrogens is 2. The molecule has 0 aliphatic rings. The molecule has 27 heavy (non-hydrogen) atoms. The minimum atomic E-state index is -0.808. The normalized spacial score (nSPS) is 10.7. The SMILES string of the molecule is Nc1c(CCc2ccccc2)cc(-c2ccccc2)n[n+]1CCCC(=O)O. The monoisotopic (exact) mass is 362 g/mol.